The Hall–Kier alpha value is -2.13. The van der Waals surface area contributed by atoms with Crippen molar-refractivity contribution < 1.29 is 4.74 Å². The second-order valence-electron chi connectivity index (χ2n) is 5.14. The fraction of sp³-hybridized carbons (Fsp3) is 0.583. The Balaban J connectivity index is 2.10. The zero-order chi connectivity index (χ0) is 15.1. The standard InChI is InChI=1S/C12H18N6O3/c1-16-9-8(10(19)17(2)12(16)20)14-11(15-9)18-3-4-21-7(5-13)6-18/h7H,3-6,13H2,1-2H3,(H,14,15). The van der Waals surface area contributed by atoms with Gasteiger partial charge in [0.25, 0.3) is 5.56 Å². The number of fused-ring (bicyclic) bond motifs is 1. The van der Waals surface area contributed by atoms with Gasteiger partial charge in [-0.15, -0.1) is 0 Å². The number of imidazole rings is 1. The molecule has 0 saturated carbocycles. The van der Waals surface area contributed by atoms with Gasteiger partial charge in [0.05, 0.1) is 12.7 Å². The molecule has 0 aromatic carbocycles. The van der Waals surface area contributed by atoms with E-state index in [1.54, 1.807) is 7.05 Å². The molecule has 1 saturated heterocycles. The molecule has 1 aliphatic heterocycles. The molecule has 21 heavy (non-hydrogen) atoms. The van der Waals surface area contributed by atoms with E-state index in [-0.39, 0.29) is 11.7 Å². The number of hydrogen-bond acceptors (Lipinski definition) is 6. The molecule has 0 amide bonds. The van der Waals surface area contributed by atoms with Gasteiger partial charge in [-0.3, -0.25) is 13.9 Å². The van der Waals surface area contributed by atoms with Gasteiger partial charge in [0.1, 0.15) is 0 Å². The lowest BCUT2D eigenvalue weighted by Crippen LogP contribution is -2.46. The first-order valence-corrected chi connectivity index (χ1v) is 6.75. The Morgan fingerprint density at radius 2 is 2.14 bits per heavy atom. The van der Waals surface area contributed by atoms with Crippen molar-refractivity contribution in [1.82, 2.24) is 19.1 Å². The number of nitrogens with zero attached hydrogens (tertiary/aromatic N) is 4. The lowest BCUT2D eigenvalue weighted by Gasteiger charge is -2.31. The highest BCUT2D eigenvalue weighted by atomic mass is 16.5. The van der Waals surface area contributed by atoms with Gasteiger partial charge in [0.15, 0.2) is 11.2 Å². The maximum Gasteiger partial charge on any atom is 0.332 e. The van der Waals surface area contributed by atoms with Crippen LogP contribution >= 0.6 is 0 Å². The van der Waals surface area contributed by atoms with Gasteiger partial charge in [0, 0.05) is 33.7 Å². The van der Waals surface area contributed by atoms with Crippen molar-refractivity contribution in [3.05, 3.63) is 20.8 Å². The number of rotatable bonds is 2. The number of hydrogen-bond donors (Lipinski definition) is 2. The van der Waals surface area contributed by atoms with Crippen molar-refractivity contribution in [3.63, 3.8) is 0 Å². The molecule has 9 nitrogen and oxygen atoms in total. The highest BCUT2D eigenvalue weighted by Crippen LogP contribution is 2.16. The van der Waals surface area contributed by atoms with E-state index in [1.807, 2.05) is 4.90 Å². The van der Waals surface area contributed by atoms with Crippen LogP contribution in [0.1, 0.15) is 0 Å². The lowest BCUT2D eigenvalue weighted by atomic mass is 10.3. The van der Waals surface area contributed by atoms with Gasteiger partial charge in [0.2, 0.25) is 5.95 Å². The SMILES string of the molecule is Cn1c(=O)c2[nH]c(N3CCOC(CN)C3)nc2n(C)c1=O. The molecule has 1 aliphatic rings. The van der Waals surface area contributed by atoms with Crippen LogP contribution in [0.4, 0.5) is 5.95 Å². The van der Waals surface area contributed by atoms with E-state index in [2.05, 4.69) is 9.97 Å². The van der Waals surface area contributed by atoms with Crippen molar-refractivity contribution in [3.8, 4) is 0 Å². The summed E-state index contributed by atoms with van der Waals surface area (Å²) in [6.45, 7) is 2.24. The van der Waals surface area contributed by atoms with E-state index in [4.69, 9.17) is 10.5 Å². The van der Waals surface area contributed by atoms with Crippen molar-refractivity contribution in [1.29, 1.82) is 0 Å². The number of H-pyrrole nitrogens is 1. The summed E-state index contributed by atoms with van der Waals surface area (Å²) in [5.41, 5.74) is 5.53. The predicted octanol–water partition coefficient (Wildman–Crippen LogP) is -1.88. The zero-order valence-corrected chi connectivity index (χ0v) is 12.0. The van der Waals surface area contributed by atoms with E-state index >= 15 is 0 Å². The number of nitrogens with one attached hydrogen (secondary N) is 1. The number of aromatic nitrogens is 4. The van der Waals surface area contributed by atoms with E-state index in [1.165, 1.54) is 11.6 Å². The van der Waals surface area contributed by atoms with Gasteiger partial charge in [-0.25, -0.2) is 4.79 Å². The van der Waals surface area contributed by atoms with Crippen LogP contribution < -0.4 is 21.9 Å². The Bertz CT molecular complexity index is 789. The van der Waals surface area contributed by atoms with E-state index in [0.717, 1.165) is 4.57 Å². The average molecular weight is 294 g/mol. The van der Waals surface area contributed by atoms with Crippen LogP contribution in [-0.2, 0) is 18.8 Å². The summed E-state index contributed by atoms with van der Waals surface area (Å²) in [4.78, 5) is 33.4. The number of aromatic amines is 1. The molecular formula is C12H18N6O3. The molecule has 1 atom stereocenters. The highest BCUT2D eigenvalue weighted by Gasteiger charge is 2.23. The van der Waals surface area contributed by atoms with Crippen molar-refractivity contribution in [2.45, 2.75) is 6.10 Å². The first-order chi connectivity index (χ1) is 10.0. The molecule has 3 rings (SSSR count). The summed E-state index contributed by atoms with van der Waals surface area (Å²) in [5.74, 6) is 0.560. The zero-order valence-electron chi connectivity index (χ0n) is 12.0. The number of anilines is 1. The van der Waals surface area contributed by atoms with Crippen LogP contribution in [0.5, 0.6) is 0 Å². The largest absolute Gasteiger partial charge is 0.373 e. The number of aryl methyl sites for hydroxylation is 1. The Kier molecular flexibility index (Phi) is 3.30. The van der Waals surface area contributed by atoms with Crippen molar-refractivity contribution in [2.75, 3.05) is 31.1 Å². The second kappa shape index (κ2) is 5.01. The number of nitrogens with two attached hydrogens (primary N) is 1. The normalized spacial score (nSPS) is 19.4. The summed E-state index contributed by atoms with van der Waals surface area (Å²) in [6, 6.07) is 0. The van der Waals surface area contributed by atoms with E-state index in [9.17, 15) is 9.59 Å². The maximum absolute atomic E-state index is 12.1. The summed E-state index contributed by atoms with van der Waals surface area (Å²) in [5, 5.41) is 0. The molecule has 2 aromatic rings. The molecule has 0 radical (unpaired) electrons. The molecule has 114 valence electrons. The molecule has 0 bridgehead atoms. The van der Waals surface area contributed by atoms with Gasteiger partial charge in [-0.1, -0.05) is 0 Å². The molecule has 1 fully saturated rings. The van der Waals surface area contributed by atoms with Crippen molar-refractivity contribution in [2.24, 2.45) is 19.8 Å². The van der Waals surface area contributed by atoms with E-state index in [0.29, 0.717) is 43.4 Å². The van der Waals surface area contributed by atoms with Crippen LogP contribution in [0.15, 0.2) is 9.59 Å². The van der Waals surface area contributed by atoms with Crippen LogP contribution in [0.25, 0.3) is 11.2 Å². The second-order valence-corrected chi connectivity index (χ2v) is 5.14. The minimum absolute atomic E-state index is 0.0568. The van der Waals surface area contributed by atoms with Crippen LogP contribution in [-0.4, -0.2) is 51.4 Å². The topological polar surface area (TPSA) is 111 Å². The first kappa shape index (κ1) is 13.8. The summed E-state index contributed by atoms with van der Waals surface area (Å²) in [6.07, 6.45) is -0.0568. The minimum atomic E-state index is -0.396. The Morgan fingerprint density at radius 3 is 2.86 bits per heavy atom. The average Bonchev–Trinajstić information content (AvgIpc) is 2.96. The maximum atomic E-state index is 12.1. The predicted molar refractivity (Wildman–Crippen MR) is 77.6 cm³/mol. The van der Waals surface area contributed by atoms with Crippen LogP contribution in [0.2, 0.25) is 0 Å². The van der Waals surface area contributed by atoms with Crippen LogP contribution in [0.3, 0.4) is 0 Å². The minimum Gasteiger partial charge on any atom is -0.373 e. The summed E-state index contributed by atoms with van der Waals surface area (Å²) < 4.78 is 7.93. The Labute approximate surface area is 119 Å². The molecule has 3 heterocycles. The van der Waals surface area contributed by atoms with E-state index < -0.39 is 5.69 Å². The van der Waals surface area contributed by atoms with Gasteiger partial charge < -0.3 is 20.4 Å². The quantitative estimate of drug-likeness (QED) is 0.671. The van der Waals surface area contributed by atoms with Crippen LogP contribution in [0, 0.1) is 0 Å². The summed E-state index contributed by atoms with van der Waals surface area (Å²) in [7, 11) is 3.04. The van der Waals surface area contributed by atoms with Gasteiger partial charge in [-0.2, -0.15) is 4.98 Å². The molecule has 3 N–H and O–H groups in total. The first-order valence-electron chi connectivity index (χ1n) is 6.75. The molecule has 2 aromatic heterocycles. The number of ether oxygens (including phenoxy) is 1. The highest BCUT2D eigenvalue weighted by molar-refractivity contribution is 5.73. The fourth-order valence-electron chi connectivity index (χ4n) is 2.52. The molecule has 0 aliphatic carbocycles. The van der Waals surface area contributed by atoms with Crippen molar-refractivity contribution >= 4 is 17.1 Å². The van der Waals surface area contributed by atoms with Gasteiger partial charge >= 0.3 is 5.69 Å². The monoisotopic (exact) mass is 294 g/mol. The molecule has 1 unspecified atom stereocenters. The number of morpholine rings is 1. The third-order valence-corrected chi connectivity index (χ3v) is 3.78. The summed E-state index contributed by atoms with van der Waals surface area (Å²) >= 11 is 0. The third kappa shape index (κ3) is 2.14. The molecule has 9 heteroatoms. The Morgan fingerprint density at radius 1 is 1.38 bits per heavy atom. The third-order valence-electron chi connectivity index (χ3n) is 3.78. The van der Waals surface area contributed by atoms with Gasteiger partial charge in [-0.05, 0) is 0 Å². The fourth-order valence-corrected chi connectivity index (χ4v) is 2.52. The molecule has 0 spiro atoms. The molecular weight excluding hydrogens is 276 g/mol. The lowest BCUT2D eigenvalue weighted by molar-refractivity contribution is 0.0461. The smallest absolute Gasteiger partial charge is 0.332 e.